The summed E-state index contributed by atoms with van der Waals surface area (Å²) in [7, 11) is 0. The van der Waals surface area contributed by atoms with Crippen LogP contribution in [0.15, 0.2) is 30.3 Å². The van der Waals surface area contributed by atoms with Gasteiger partial charge in [0.15, 0.2) is 0 Å². The lowest BCUT2D eigenvalue weighted by atomic mass is 10.1. The maximum Gasteiger partial charge on any atom is 0.265 e. The molecule has 1 aliphatic rings. The molecule has 1 aliphatic heterocycles. The summed E-state index contributed by atoms with van der Waals surface area (Å²) in [5.41, 5.74) is 0.855. The monoisotopic (exact) mass is 330 g/mol. The number of aryl methyl sites for hydroxylation is 2. The number of aromatic nitrogens is 1. The number of thiazole rings is 1. The van der Waals surface area contributed by atoms with Crippen LogP contribution in [0, 0.1) is 19.8 Å². The van der Waals surface area contributed by atoms with Crippen LogP contribution >= 0.6 is 11.3 Å². The van der Waals surface area contributed by atoms with E-state index in [0.29, 0.717) is 12.5 Å². The average Bonchev–Trinajstić information content (AvgIpc) is 3.14. The van der Waals surface area contributed by atoms with Crippen molar-refractivity contribution in [1.29, 1.82) is 0 Å². The van der Waals surface area contributed by atoms with Gasteiger partial charge < -0.3 is 9.64 Å². The van der Waals surface area contributed by atoms with E-state index in [9.17, 15) is 4.79 Å². The van der Waals surface area contributed by atoms with Crippen LogP contribution in [0.1, 0.15) is 33.2 Å². The Morgan fingerprint density at radius 2 is 2.13 bits per heavy atom. The molecule has 23 heavy (non-hydrogen) atoms. The fourth-order valence-electron chi connectivity index (χ4n) is 2.99. The van der Waals surface area contributed by atoms with Crippen molar-refractivity contribution in [3.05, 3.63) is 45.9 Å². The SMILES string of the molecule is Cc1nc(C)c(C(=O)N2CCC(CCOc3ccccc3)C2)s1. The quantitative estimate of drug-likeness (QED) is 0.839. The molecule has 1 atom stereocenters. The molecule has 0 N–H and O–H groups in total. The molecule has 3 rings (SSSR count). The van der Waals surface area contributed by atoms with E-state index >= 15 is 0 Å². The number of amides is 1. The van der Waals surface area contributed by atoms with Gasteiger partial charge in [-0.1, -0.05) is 18.2 Å². The van der Waals surface area contributed by atoms with E-state index in [-0.39, 0.29) is 5.91 Å². The van der Waals surface area contributed by atoms with Crippen LogP contribution in [0.25, 0.3) is 0 Å². The third-order valence-corrected chi connectivity index (χ3v) is 5.27. The summed E-state index contributed by atoms with van der Waals surface area (Å²) in [6.07, 6.45) is 2.04. The van der Waals surface area contributed by atoms with E-state index in [1.807, 2.05) is 49.1 Å². The zero-order valence-electron chi connectivity index (χ0n) is 13.6. The lowest BCUT2D eigenvalue weighted by Crippen LogP contribution is -2.28. The molecule has 5 heteroatoms. The van der Waals surface area contributed by atoms with Crippen molar-refractivity contribution >= 4 is 17.2 Å². The van der Waals surface area contributed by atoms with Crippen molar-refractivity contribution in [3.8, 4) is 5.75 Å². The first kappa shape index (κ1) is 16.0. The van der Waals surface area contributed by atoms with Gasteiger partial charge in [-0.15, -0.1) is 11.3 Å². The molecule has 1 amide bonds. The number of carbonyl (C=O) groups is 1. The Kier molecular flexibility index (Phi) is 4.96. The van der Waals surface area contributed by atoms with E-state index in [1.165, 1.54) is 11.3 Å². The number of hydrogen-bond donors (Lipinski definition) is 0. The minimum absolute atomic E-state index is 0.138. The van der Waals surface area contributed by atoms with Crippen LogP contribution in [0.2, 0.25) is 0 Å². The minimum Gasteiger partial charge on any atom is -0.494 e. The van der Waals surface area contributed by atoms with Gasteiger partial charge in [-0.3, -0.25) is 4.79 Å². The highest BCUT2D eigenvalue weighted by Crippen LogP contribution is 2.25. The molecule has 1 unspecified atom stereocenters. The van der Waals surface area contributed by atoms with Crippen LogP contribution in [-0.2, 0) is 0 Å². The summed E-state index contributed by atoms with van der Waals surface area (Å²) in [6.45, 7) is 6.23. The van der Waals surface area contributed by atoms with Crippen molar-refractivity contribution in [2.45, 2.75) is 26.7 Å². The first-order chi connectivity index (χ1) is 11.1. The van der Waals surface area contributed by atoms with Crippen molar-refractivity contribution in [3.63, 3.8) is 0 Å². The second-order valence-corrected chi connectivity index (χ2v) is 7.21. The second kappa shape index (κ2) is 7.13. The third kappa shape index (κ3) is 3.91. The van der Waals surface area contributed by atoms with Gasteiger partial charge in [0.05, 0.1) is 17.3 Å². The predicted molar refractivity (Wildman–Crippen MR) is 92.2 cm³/mol. The highest BCUT2D eigenvalue weighted by Gasteiger charge is 2.28. The molecule has 2 aromatic rings. The molecule has 1 saturated heterocycles. The Bertz CT molecular complexity index is 669. The summed E-state index contributed by atoms with van der Waals surface area (Å²) in [4.78, 5) is 19.7. The number of likely N-dealkylation sites (tertiary alicyclic amines) is 1. The van der Waals surface area contributed by atoms with Crippen molar-refractivity contribution < 1.29 is 9.53 Å². The maximum atomic E-state index is 12.6. The van der Waals surface area contributed by atoms with E-state index in [0.717, 1.165) is 47.3 Å². The predicted octanol–water partition coefficient (Wildman–Crippen LogP) is 3.69. The molecule has 1 aromatic carbocycles. The highest BCUT2D eigenvalue weighted by atomic mass is 32.1. The summed E-state index contributed by atoms with van der Waals surface area (Å²) < 4.78 is 5.76. The molecule has 0 saturated carbocycles. The molecule has 4 nitrogen and oxygen atoms in total. The van der Waals surface area contributed by atoms with Crippen LogP contribution in [0.4, 0.5) is 0 Å². The van der Waals surface area contributed by atoms with Gasteiger partial charge in [0, 0.05) is 13.1 Å². The van der Waals surface area contributed by atoms with E-state index in [4.69, 9.17) is 4.74 Å². The standard InChI is InChI=1S/C18H22N2O2S/c1-13-17(23-14(2)19-13)18(21)20-10-8-15(12-20)9-11-22-16-6-4-3-5-7-16/h3-7,15H,8-12H2,1-2H3. The first-order valence-electron chi connectivity index (χ1n) is 8.04. The van der Waals surface area contributed by atoms with E-state index in [2.05, 4.69) is 4.98 Å². The van der Waals surface area contributed by atoms with E-state index in [1.54, 1.807) is 0 Å². The zero-order valence-corrected chi connectivity index (χ0v) is 14.4. The molecule has 0 aliphatic carbocycles. The molecule has 0 spiro atoms. The Morgan fingerprint density at radius 1 is 1.35 bits per heavy atom. The lowest BCUT2D eigenvalue weighted by Gasteiger charge is -2.16. The number of hydrogen-bond acceptors (Lipinski definition) is 4. The maximum absolute atomic E-state index is 12.6. The van der Waals surface area contributed by atoms with Gasteiger partial charge in [0.2, 0.25) is 0 Å². The smallest absolute Gasteiger partial charge is 0.265 e. The van der Waals surface area contributed by atoms with Gasteiger partial charge in [-0.05, 0) is 44.7 Å². The Balaban J connectivity index is 1.48. The molecule has 122 valence electrons. The van der Waals surface area contributed by atoms with E-state index < -0.39 is 0 Å². The molecule has 1 aromatic heterocycles. The number of carbonyl (C=O) groups excluding carboxylic acids is 1. The van der Waals surface area contributed by atoms with Gasteiger partial charge >= 0.3 is 0 Å². The van der Waals surface area contributed by atoms with Crippen LogP contribution in [-0.4, -0.2) is 35.5 Å². The lowest BCUT2D eigenvalue weighted by molar-refractivity contribution is 0.0789. The number of benzene rings is 1. The van der Waals surface area contributed by atoms with Crippen LogP contribution in [0.5, 0.6) is 5.75 Å². The summed E-state index contributed by atoms with van der Waals surface area (Å²) >= 11 is 1.50. The fourth-order valence-corrected chi connectivity index (χ4v) is 3.87. The highest BCUT2D eigenvalue weighted by molar-refractivity contribution is 7.13. The Morgan fingerprint density at radius 3 is 2.83 bits per heavy atom. The third-order valence-electron chi connectivity index (χ3n) is 4.21. The van der Waals surface area contributed by atoms with Crippen LogP contribution in [0.3, 0.4) is 0 Å². The molecule has 1 fully saturated rings. The first-order valence-corrected chi connectivity index (χ1v) is 8.86. The minimum atomic E-state index is 0.138. The largest absolute Gasteiger partial charge is 0.494 e. The van der Waals surface area contributed by atoms with Gasteiger partial charge in [-0.25, -0.2) is 4.98 Å². The Labute approximate surface area is 141 Å². The summed E-state index contributed by atoms with van der Waals surface area (Å²) in [5, 5.41) is 0.956. The molecular formula is C18H22N2O2S. The van der Waals surface area contributed by atoms with Gasteiger partial charge in [-0.2, -0.15) is 0 Å². The molecule has 0 bridgehead atoms. The second-order valence-electron chi connectivity index (χ2n) is 6.00. The number of ether oxygens (including phenoxy) is 1. The van der Waals surface area contributed by atoms with Gasteiger partial charge in [0.1, 0.15) is 10.6 Å². The van der Waals surface area contributed by atoms with Crippen molar-refractivity contribution in [2.24, 2.45) is 5.92 Å². The van der Waals surface area contributed by atoms with Crippen molar-refractivity contribution in [2.75, 3.05) is 19.7 Å². The Hall–Kier alpha value is -1.88. The average molecular weight is 330 g/mol. The van der Waals surface area contributed by atoms with Gasteiger partial charge in [0.25, 0.3) is 5.91 Å². The van der Waals surface area contributed by atoms with Crippen molar-refractivity contribution in [1.82, 2.24) is 9.88 Å². The summed E-state index contributed by atoms with van der Waals surface area (Å²) in [6, 6.07) is 9.88. The molecule has 2 heterocycles. The number of para-hydroxylation sites is 1. The zero-order chi connectivity index (χ0) is 16.2. The normalized spacial score (nSPS) is 17.5. The number of rotatable bonds is 5. The molecular weight excluding hydrogens is 308 g/mol. The fraction of sp³-hybridized carbons (Fsp3) is 0.444. The molecule has 0 radical (unpaired) electrons. The number of nitrogens with zero attached hydrogens (tertiary/aromatic N) is 2. The summed E-state index contributed by atoms with van der Waals surface area (Å²) in [5.74, 6) is 1.57. The van der Waals surface area contributed by atoms with Crippen LogP contribution < -0.4 is 4.74 Å². The topological polar surface area (TPSA) is 42.4 Å².